The molecule has 0 saturated heterocycles. The lowest BCUT2D eigenvalue weighted by atomic mass is 10.0. The lowest BCUT2D eigenvalue weighted by molar-refractivity contribution is 0.415. The van der Waals surface area contributed by atoms with Crippen LogP contribution in [0.2, 0.25) is 5.22 Å². The predicted octanol–water partition coefficient (Wildman–Crippen LogP) is 3.85. The second-order valence-corrected chi connectivity index (χ2v) is 4.48. The highest BCUT2D eigenvalue weighted by atomic mass is 35.5. The largest absolute Gasteiger partial charge is 0.497 e. The number of rotatable bonds is 3. The summed E-state index contributed by atoms with van der Waals surface area (Å²) in [6.07, 6.45) is 0. The van der Waals surface area contributed by atoms with Crippen LogP contribution in [0, 0.1) is 0 Å². The lowest BCUT2D eigenvalue weighted by Gasteiger charge is -2.04. The molecule has 0 aliphatic rings. The molecule has 0 fully saturated rings. The number of nitrogen functional groups attached to an aromatic ring is 1. The van der Waals surface area contributed by atoms with E-state index in [1.54, 1.807) is 19.2 Å². The van der Waals surface area contributed by atoms with Crippen molar-refractivity contribution >= 4 is 17.5 Å². The molecule has 6 heteroatoms. The van der Waals surface area contributed by atoms with Crippen molar-refractivity contribution in [1.82, 2.24) is 5.16 Å². The Morgan fingerprint density at radius 2 is 2.10 bits per heavy atom. The third kappa shape index (κ3) is 2.12. The van der Waals surface area contributed by atoms with Gasteiger partial charge in [0.2, 0.25) is 5.88 Å². The average molecular weight is 291 g/mol. The van der Waals surface area contributed by atoms with Crippen molar-refractivity contribution in [2.75, 3.05) is 12.8 Å². The number of furan rings is 1. The zero-order chi connectivity index (χ0) is 14.1. The second kappa shape index (κ2) is 4.94. The van der Waals surface area contributed by atoms with E-state index in [4.69, 9.17) is 31.0 Å². The molecular weight excluding hydrogens is 280 g/mol. The van der Waals surface area contributed by atoms with Gasteiger partial charge in [-0.3, -0.25) is 0 Å². The van der Waals surface area contributed by atoms with Gasteiger partial charge in [-0.2, -0.15) is 0 Å². The molecule has 0 saturated carbocycles. The van der Waals surface area contributed by atoms with E-state index in [1.807, 2.05) is 24.3 Å². The minimum absolute atomic E-state index is 0.209. The van der Waals surface area contributed by atoms with Crippen molar-refractivity contribution in [1.29, 1.82) is 0 Å². The van der Waals surface area contributed by atoms with Gasteiger partial charge in [0, 0.05) is 0 Å². The number of anilines is 1. The van der Waals surface area contributed by atoms with E-state index in [9.17, 15) is 0 Å². The van der Waals surface area contributed by atoms with Gasteiger partial charge in [-0.15, -0.1) is 0 Å². The Morgan fingerprint density at radius 1 is 1.25 bits per heavy atom. The van der Waals surface area contributed by atoms with Crippen LogP contribution in [-0.2, 0) is 0 Å². The fourth-order valence-corrected chi connectivity index (χ4v) is 2.12. The molecular formula is C14H11ClN2O3. The van der Waals surface area contributed by atoms with Crippen LogP contribution in [0.1, 0.15) is 0 Å². The summed E-state index contributed by atoms with van der Waals surface area (Å²) in [4.78, 5) is 0. The smallest absolute Gasteiger partial charge is 0.230 e. The third-order valence-corrected chi connectivity index (χ3v) is 3.09. The van der Waals surface area contributed by atoms with E-state index in [1.165, 1.54) is 0 Å². The van der Waals surface area contributed by atoms with Gasteiger partial charge in [0.05, 0.1) is 12.7 Å². The van der Waals surface area contributed by atoms with Gasteiger partial charge in [-0.25, -0.2) is 0 Å². The van der Waals surface area contributed by atoms with E-state index in [2.05, 4.69) is 5.16 Å². The van der Waals surface area contributed by atoms with Crippen molar-refractivity contribution in [2.24, 2.45) is 0 Å². The highest BCUT2D eigenvalue weighted by Crippen LogP contribution is 2.38. The molecule has 0 unspecified atom stereocenters. The number of ether oxygens (including phenoxy) is 1. The Bertz CT molecular complexity index is 748. The highest BCUT2D eigenvalue weighted by molar-refractivity contribution is 6.29. The average Bonchev–Trinajstić information content (AvgIpc) is 3.05. The summed E-state index contributed by atoms with van der Waals surface area (Å²) in [7, 11) is 1.60. The van der Waals surface area contributed by atoms with Crippen LogP contribution in [0.3, 0.4) is 0 Å². The molecule has 3 rings (SSSR count). The first-order valence-corrected chi connectivity index (χ1v) is 6.22. The molecule has 1 aromatic carbocycles. The second-order valence-electron chi connectivity index (χ2n) is 4.11. The van der Waals surface area contributed by atoms with Crippen LogP contribution in [0.5, 0.6) is 5.75 Å². The Morgan fingerprint density at radius 3 is 2.80 bits per heavy atom. The first kappa shape index (κ1) is 12.6. The minimum atomic E-state index is 0.209. The van der Waals surface area contributed by atoms with E-state index in [0.717, 1.165) is 5.56 Å². The van der Waals surface area contributed by atoms with E-state index in [-0.39, 0.29) is 11.1 Å². The minimum Gasteiger partial charge on any atom is -0.497 e. The number of nitrogens with zero attached hydrogens (tertiary/aromatic N) is 1. The number of benzene rings is 1. The molecule has 0 atom stereocenters. The summed E-state index contributed by atoms with van der Waals surface area (Å²) in [6, 6.07) is 10.8. The topological polar surface area (TPSA) is 74.4 Å². The molecule has 0 amide bonds. The number of nitrogens with two attached hydrogens (primary N) is 1. The van der Waals surface area contributed by atoms with Crippen LogP contribution in [0.4, 0.5) is 5.88 Å². The molecule has 0 spiro atoms. The van der Waals surface area contributed by atoms with Crippen molar-refractivity contribution in [3.8, 4) is 28.3 Å². The molecule has 20 heavy (non-hydrogen) atoms. The number of aromatic nitrogens is 1. The van der Waals surface area contributed by atoms with Crippen LogP contribution >= 0.6 is 11.6 Å². The number of hydrogen-bond donors (Lipinski definition) is 1. The summed E-state index contributed by atoms with van der Waals surface area (Å²) >= 11 is 5.79. The lowest BCUT2D eigenvalue weighted by Crippen LogP contribution is -1.88. The van der Waals surface area contributed by atoms with Crippen molar-refractivity contribution < 1.29 is 13.7 Å². The Hall–Kier alpha value is -2.40. The summed E-state index contributed by atoms with van der Waals surface area (Å²) < 4.78 is 15.6. The standard InChI is InChI=1S/C14H11ClN2O3/c1-18-9-4-2-3-8(7-9)12-13(17-20-14(12)16)10-5-6-11(15)19-10/h2-7H,16H2,1H3. The fourth-order valence-electron chi connectivity index (χ4n) is 1.97. The van der Waals surface area contributed by atoms with Crippen LogP contribution in [-0.4, -0.2) is 12.3 Å². The molecule has 0 bridgehead atoms. The molecule has 2 N–H and O–H groups in total. The van der Waals surface area contributed by atoms with Gasteiger partial charge in [-0.05, 0) is 41.4 Å². The Kier molecular flexibility index (Phi) is 3.12. The molecule has 0 aliphatic heterocycles. The van der Waals surface area contributed by atoms with Crippen molar-refractivity contribution in [3.63, 3.8) is 0 Å². The maximum Gasteiger partial charge on any atom is 0.230 e. The van der Waals surface area contributed by atoms with Crippen LogP contribution in [0.25, 0.3) is 22.6 Å². The van der Waals surface area contributed by atoms with Crippen LogP contribution in [0.15, 0.2) is 45.3 Å². The van der Waals surface area contributed by atoms with Crippen molar-refractivity contribution in [3.05, 3.63) is 41.6 Å². The van der Waals surface area contributed by atoms with E-state index >= 15 is 0 Å². The SMILES string of the molecule is COc1cccc(-c2c(-c3ccc(Cl)o3)noc2N)c1. The zero-order valence-corrected chi connectivity index (χ0v) is 11.3. The maximum atomic E-state index is 5.86. The molecule has 0 aliphatic carbocycles. The van der Waals surface area contributed by atoms with Gasteiger partial charge in [0.25, 0.3) is 0 Å². The fraction of sp³-hybridized carbons (Fsp3) is 0.0714. The summed E-state index contributed by atoms with van der Waals surface area (Å²) in [5.74, 6) is 1.42. The Labute approximate surface area is 119 Å². The summed E-state index contributed by atoms with van der Waals surface area (Å²) in [5, 5.41) is 4.21. The quantitative estimate of drug-likeness (QED) is 0.793. The maximum absolute atomic E-state index is 5.86. The number of hydrogen-bond acceptors (Lipinski definition) is 5. The van der Waals surface area contributed by atoms with Crippen molar-refractivity contribution in [2.45, 2.75) is 0 Å². The molecule has 2 heterocycles. The summed E-state index contributed by atoms with van der Waals surface area (Å²) in [6.45, 7) is 0. The first-order chi connectivity index (χ1) is 9.69. The first-order valence-electron chi connectivity index (χ1n) is 5.84. The summed E-state index contributed by atoms with van der Waals surface area (Å²) in [5.41, 5.74) is 7.84. The van der Waals surface area contributed by atoms with Gasteiger partial charge in [0.1, 0.15) is 5.75 Å². The number of methoxy groups -OCH3 is 1. The van der Waals surface area contributed by atoms with Gasteiger partial charge >= 0.3 is 0 Å². The van der Waals surface area contributed by atoms with E-state index < -0.39 is 0 Å². The van der Waals surface area contributed by atoms with Gasteiger partial charge in [0.15, 0.2) is 16.7 Å². The molecule has 102 valence electrons. The predicted molar refractivity (Wildman–Crippen MR) is 75.6 cm³/mol. The van der Waals surface area contributed by atoms with Gasteiger partial charge in [-0.1, -0.05) is 17.3 Å². The highest BCUT2D eigenvalue weighted by Gasteiger charge is 2.20. The molecule has 3 aromatic rings. The normalized spacial score (nSPS) is 10.7. The monoisotopic (exact) mass is 290 g/mol. The zero-order valence-electron chi connectivity index (χ0n) is 10.6. The van der Waals surface area contributed by atoms with E-state index in [0.29, 0.717) is 22.8 Å². The molecule has 5 nitrogen and oxygen atoms in total. The molecule has 2 aromatic heterocycles. The molecule has 0 radical (unpaired) electrons. The number of halogens is 1. The van der Waals surface area contributed by atoms with Gasteiger partial charge < -0.3 is 19.4 Å². The van der Waals surface area contributed by atoms with Crippen LogP contribution < -0.4 is 10.5 Å². The Balaban J connectivity index is 2.15. The third-order valence-electron chi connectivity index (χ3n) is 2.88.